The second-order valence-electron chi connectivity index (χ2n) is 7.21. The molecule has 0 aliphatic carbocycles. The van der Waals surface area contributed by atoms with Crippen LogP contribution < -0.4 is 0 Å². The lowest BCUT2D eigenvalue weighted by molar-refractivity contribution is -0.145. The molecule has 25 heavy (non-hydrogen) atoms. The van der Waals surface area contributed by atoms with Gasteiger partial charge < -0.3 is 4.74 Å². The molecule has 0 fully saturated rings. The molecule has 0 aliphatic heterocycles. The highest BCUT2D eigenvalue weighted by molar-refractivity contribution is 5.15. The van der Waals surface area contributed by atoms with E-state index in [0.29, 0.717) is 6.61 Å². The minimum Gasteiger partial charge on any atom is -0.346 e. The molecular formula is C23H39O2. The van der Waals surface area contributed by atoms with E-state index in [1.54, 1.807) is 0 Å². The van der Waals surface area contributed by atoms with Crippen LogP contribution in [0, 0.1) is 0 Å². The Bertz CT molecular complexity index is 377. The summed E-state index contributed by atoms with van der Waals surface area (Å²) in [4.78, 5) is 0. The molecule has 1 rings (SSSR count). The van der Waals surface area contributed by atoms with Gasteiger partial charge in [0.15, 0.2) is 0 Å². The van der Waals surface area contributed by atoms with Gasteiger partial charge in [-0.05, 0) is 6.42 Å². The van der Waals surface area contributed by atoms with Crippen molar-refractivity contribution in [2.45, 2.75) is 103 Å². The molecule has 0 bridgehead atoms. The maximum atomic E-state index is 11.8. The van der Waals surface area contributed by atoms with E-state index >= 15 is 0 Å². The summed E-state index contributed by atoms with van der Waals surface area (Å²) in [7, 11) is 0. The van der Waals surface area contributed by atoms with E-state index in [-0.39, 0.29) is 0 Å². The second-order valence-corrected chi connectivity index (χ2v) is 7.21. The topological polar surface area (TPSA) is 29.1 Å². The van der Waals surface area contributed by atoms with Gasteiger partial charge in [0, 0.05) is 5.56 Å². The van der Waals surface area contributed by atoms with Crippen LogP contribution in [0.2, 0.25) is 0 Å². The summed E-state index contributed by atoms with van der Waals surface area (Å²) in [6.45, 7) is 2.86. The van der Waals surface area contributed by atoms with E-state index in [1.165, 1.54) is 83.5 Å². The van der Waals surface area contributed by atoms with E-state index in [1.807, 2.05) is 30.3 Å². The van der Waals surface area contributed by atoms with Gasteiger partial charge in [-0.3, -0.25) is 0 Å². The van der Waals surface area contributed by atoms with Gasteiger partial charge in [0.2, 0.25) is 6.29 Å². The van der Waals surface area contributed by atoms with Crippen molar-refractivity contribution in [3.05, 3.63) is 35.9 Å². The van der Waals surface area contributed by atoms with E-state index in [9.17, 15) is 5.11 Å². The van der Waals surface area contributed by atoms with E-state index in [2.05, 4.69) is 6.92 Å². The average Bonchev–Trinajstić information content (AvgIpc) is 2.65. The fraction of sp³-hybridized carbons (Fsp3) is 0.739. The van der Waals surface area contributed by atoms with Gasteiger partial charge >= 0.3 is 0 Å². The van der Waals surface area contributed by atoms with Gasteiger partial charge in [-0.2, -0.15) is 5.11 Å². The number of benzene rings is 1. The van der Waals surface area contributed by atoms with Crippen molar-refractivity contribution in [2.75, 3.05) is 6.61 Å². The number of rotatable bonds is 17. The predicted octanol–water partition coefficient (Wildman–Crippen LogP) is 7.61. The van der Waals surface area contributed by atoms with Crippen molar-refractivity contribution in [3.63, 3.8) is 0 Å². The van der Waals surface area contributed by atoms with E-state index in [0.717, 1.165) is 12.0 Å². The summed E-state index contributed by atoms with van der Waals surface area (Å²) >= 11 is 0. The van der Waals surface area contributed by atoms with Gasteiger partial charge in [-0.15, -0.1) is 0 Å². The molecule has 1 atom stereocenters. The third kappa shape index (κ3) is 13.1. The lowest BCUT2D eigenvalue weighted by atomic mass is 10.0. The number of hydrogen-bond donors (Lipinski definition) is 0. The van der Waals surface area contributed by atoms with Gasteiger partial charge in [0.1, 0.15) is 0 Å². The summed E-state index contributed by atoms with van der Waals surface area (Å²) in [6.07, 6.45) is 17.8. The van der Waals surface area contributed by atoms with Crippen molar-refractivity contribution in [1.82, 2.24) is 0 Å². The molecule has 0 spiro atoms. The third-order valence-electron chi connectivity index (χ3n) is 4.84. The molecule has 2 nitrogen and oxygen atoms in total. The Morgan fingerprint density at radius 1 is 0.680 bits per heavy atom. The quantitative estimate of drug-likeness (QED) is 0.210. The molecule has 1 aromatic carbocycles. The van der Waals surface area contributed by atoms with Crippen LogP contribution in [0.1, 0.15) is 109 Å². The van der Waals surface area contributed by atoms with Crippen LogP contribution in [0.15, 0.2) is 30.3 Å². The number of unbranched alkanes of at least 4 members (excludes halogenated alkanes) is 13. The Kier molecular flexibility index (Phi) is 14.7. The van der Waals surface area contributed by atoms with Crippen molar-refractivity contribution in [1.29, 1.82) is 0 Å². The first-order valence-corrected chi connectivity index (χ1v) is 10.7. The zero-order valence-corrected chi connectivity index (χ0v) is 16.4. The molecule has 0 saturated heterocycles. The summed E-state index contributed by atoms with van der Waals surface area (Å²) in [5.41, 5.74) is 0.730. The summed E-state index contributed by atoms with van der Waals surface area (Å²) in [5, 5.41) is 11.8. The fourth-order valence-corrected chi connectivity index (χ4v) is 3.19. The van der Waals surface area contributed by atoms with Gasteiger partial charge in [0.25, 0.3) is 0 Å². The van der Waals surface area contributed by atoms with Crippen molar-refractivity contribution >= 4 is 0 Å². The van der Waals surface area contributed by atoms with Crippen LogP contribution in [-0.2, 0) is 9.84 Å². The van der Waals surface area contributed by atoms with E-state index < -0.39 is 6.29 Å². The first kappa shape index (κ1) is 22.2. The van der Waals surface area contributed by atoms with Crippen LogP contribution in [0.5, 0.6) is 0 Å². The summed E-state index contributed by atoms with van der Waals surface area (Å²) < 4.78 is 5.38. The predicted molar refractivity (Wildman–Crippen MR) is 106 cm³/mol. The van der Waals surface area contributed by atoms with Crippen LogP contribution in [0.25, 0.3) is 0 Å². The fourth-order valence-electron chi connectivity index (χ4n) is 3.19. The minimum absolute atomic E-state index is 0.584. The van der Waals surface area contributed by atoms with Gasteiger partial charge in [-0.25, -0.2) is 0 Å². The van der Waals surface area contributed by atoms with E-state index in [4.69, 9.17) is 4.74 Å². The maximum absolute atomic E-state index is 11.8. The highest BCUT2D eigenvalue weighted by atomic mass is 16.6. The summed E-state index contributed by atoms with van der Waals surface area (Å²) in [5.74, 6) is 0. The van der Waals surface area contributed by atoms with Crippen molar-refractivity contribution in [2.24, 2.45) is 0 Å². The van der Waals surface area contributed by atoms with Gasteiger partial charge in [-0.1, -0.05) is 121 Å². The number of ether oxygens (including phenoxy) is 1. The Morgan fingerprint density at radius 3 is 1.60 bits per heavy atom. The van der Waals surface area contributed by atoms with Crippen LogP contribution in [0.4, 0.5) is 0 Å². The molecule has 0 aliphatic rings. The molecule has 2 heteroatoms. The summed E-state index contributed by atoms with van der Waals surface area (Å²) in [6, 6.07) is 9.36. The Hall–Kier alpha value is -0.860. The number of hydrogen-bond acceptors (Lipinski definition) is 1. The molecule has 1 radical (unpaired) electrons. The smallest absolute Gasteiger partial charge is 0.217 e. The molecule has 1 unspecified atom stereocenters. The molecule has 143 valence electrons. The average molecular weight is 348 g/mol. The molecule has 0 saturated carbocycles. The Labute approximate surface area is 156 Å². The Balaban J connectivity index is 1.77. The molecule has 1 aromatic rings. The molecular weight excluding hydrogens is 308 g/mol. The first-order valence-electron chi connectivity index (χ1n) is 10.7. The van der Waals surface area contributed by atoms with Crippen LogP contribution in [-0.4, -0.2) is 6.61 Å². The minimum atomic E-state index is -1.02. The lowest BCUT2D eigenvalue weighted by Crippen LogP contribution is -2.03. The first-order chi connectivity index (χ1) is 12.3. The molecule has 0 heterocycles. The van der Waals surface area contributed by atoms with Crippen LogP contribution in [0.3, 0.4) is 0 Å². The highest BCUT2D eigenvalue weighted by Crippen LogP contribution is 2.16. The maximum Gasteiger partial charge on any atom is 0.217 e. The SMILES string of the molecule is CCCCCCCCCCCCCCCCOC([O])c1ccccc1. The zero-order valence-electron chi connectivity index (χ0n) is 16.4. The molecule has 0 aromatic heterocycles. The van der Waals surface area contributed by atoms with Crippen LogP contribution >= 0.6 is 0 Å². The zero-order chi connectivity index (χ0) is 18.0. The van der Waals surface area contributed by atoms with Crippen molar-refractivity contribution < 1.29 is 9.84 Å². The van der Waals surface area contributed by atoms with Gasteiger partial charge in [0.05, 0.1) is 6.61 Å². The monoisotopic (exact) mass is 347 g/mol. The Morgan fingerprint density at radius 2 is 1.12 bits per heavy atom. The highest BCUT2D eigenvalue weighted by Gasteiger charge is 2.07. The van der Waals surface area contributed by atoms with Crippen molar-refractivity contribution in [3.8, 4) is 0 Å². The third-order valence-corrected chi connectivity index (χ3v) is 4.84. The second kappa shape index (κ2) is 16.6. The normalized spacial score (nSPS) is 12.4. The standard InChI is InChI=1S/C23H39O2/c1-2-3-4-5-6-7-8-9-10-11-12-13-14-18-21-25-23(24)22-19-16-15-17-20-22/h15-17,19-20,23H,2-14,18,21H2,1H3. The molecule has 0 N–H and O–H groups in total. The largest absolute Gasteiger partial charge is 0.346 e. The lowest BCUT2D eigenvalue weighted by Gasteiger charge is -2.10. The molecule has 0 amide bonds.